The van der Waals surface area contributed by atoms with Gasteiger partial charge in [-0.05, 0) is 54.1 Å². The molecule has 0 saturated heterocycles. The number of oxazole rings is 1. The van der Waals surface area contributed by atoms with Crippen LogP contribution in [-0.2, 0) is 13.1 Å². The number of ether oxygens (including phenoxy) is 2. The van der Waals surface area contributed by atoms with Crippen molar-refractivity contribution in [2.75, 3.05) is 7.11 Å². The molecule has 0 atom stereocenters. The minimum Gasteiger partial charge on any atom is -0.497 e. The molecule has 0 fully saturated rings. The number of nitrogens with zero attached hydrogens (tertiary/aromatic N) is 4. The van der Waals surface area contributed by atoms with E-state index in [4.69, 9.17) is 13.9 Å². The average Bonchev–Trinajstić information content (AvgIpc) is 3.58. The first-order chi connectivity index (χ1) is 17.7. The van der Waals surface area contributed by atoms with Crippen molar-refractivity contribution < 1.29 is 18.7 Å². The lowest BCUT2D eigenvalue weighted by atomic mass is 10.2. The Morgan fingerprint density at radius 2 is 1.78 bits per heavy atom. The number of nitrogens with one attached hydrogen (secondary N) is 1. The van der Waals surface area contributed by atoms with E-state index >= 15 is 0 Å². The van der Waals surface area contributed by atoms with Gasteiger partial charge in [0.1, 0.15) is 29.2 Å². The Morgan fingerprint density at radius 3 is 2.58 bits per heavy atom. The van der Waals surface area contributed by atoms with E-state index in [1.54, 1.807) is 30.1 Å². The summed E-state index contributed by atoms with van der Waals surface area (Å²) in [6.45, 7) is 0.724. The van der Waals surface area contributed by atoms with Crippen LogP contribution in [0.2, 0.25) is 0 Å². The first kappa shape index (κ1) is 22.9. The summed E-state index contributed by atoms with van der Waals surface area (Å²) in [6, 6.07) is 24.6. The fourth-order valence-corrected chi connectivity index (χ4v) is 3.52. The summed E-state index contributed by atoms with van der Waals surface area (Å²) < 4.78 is 18.2. The van der Waals surface area contributed by atoms with Gasteiger partial charge < -0.3 is 19.2 Å². The molecular formula is C27H23N5O4. The van der Waals surface area contributed by atoms with Gasteiger partial charge in [-0.25, -0.2) is 9.67 Å². The predicted octanol–water partition coefficient (Wildman–Crippen LogP) is 4.71. The molecule has 0 saturated carbocycles. The molecule has 2 aromatic heterocycles. The van der Waals surface area contributed by atoms with Gasteiger partial charge in [-0.1, -0.05) is 35.5 Å². The molecule has 0 bridgehead atoms. The van der Waals surface area contributed by atoms with Gasteiger partial charge in [0.05, 0.1) is 26.4 Å². The maximum Gasteiger partial charge on any atom is 0.273 e. The van der Waals surface area contributed by atoms with E-state index in [0.29, 0.717) is 18.1 Å². The number of carbonyl (C=O) groups is 1. The SMILES string of the molecule is COc1ccc(-c2nc(C(=O)NCc3cn(Cc4cccc(Oc5ccccc5)c4)nn3)co2)cc1. The second-order valence-corrected chi connectivity index (χ2v) is 7.92. The standard InChI is InChI=1S/C27H23N5O4/c1-34-22-12-10-20(11-13-22)27-29-25(18-35-27)26(33)28-15-21-17-32(31-30-21)16-19-6-5-9-24(14-19)36-23-7-3-2-4-8-23/h2-14,17-18H,15-16H2,1H3,(H,28,33). The first-order valence-corrected chi connectivity index (χ1v) is 11.3. The van der Waals surface area contributed by atoms with E-state index in [9.17, 15) is 4.79 Å². The van der Waals surface area contributed by atoms with Gasteiger partial charge in [0.2, 0.25) is 5.89 Å². The Bertz CT molecular complexity index is 1440. The van der Waals surface area contributed by atoms with Gasteiger partial charge in [0.15, 0.2) is 5.69 Å². The van der Waals surface area contributed by atoms with Crippen LogP contribution in [-0.4, -0.2) is 33.0 Å². The molecule has 3 aromatic carbocycles. The number of rotatable bonds is 9. The third kappa shape index (κ3) is 5.58. The van der Waals surface area contributed by atoms with E-state index in [1.807, 2.05) is 66.7 Å². The Kier molecular flexibility index (Phi) is 6.70. The van der Waals surface area contributed by atoms with Crippen molar-refractivity contribution in [1.29, 1.82) is 0 Å². The van der Waals surface area contributed by atoms with Crippen molar-refractivity contribution >= 4 is 5.91 Å². The van der Waals surface area contributed by atoms with Crippen LogP contribution in [0, 0.1) is 0 Å². The summed E-state index contributed by atoms with van der Waals surface area (Å²) >= 11 is 0. The highest BCUT2D eigenvalue weighted by atomic mass is 16.5. The van der Waals surface area contributed by atoms with Crippen molar-refractivity contribution in [2.45, 2.75) is 13.1 Å². The highest BCUT2D eigenvalue weighted by molar-refractivity contribution is 5.92. The number of hydrogen-bond acceptors (Lipinski definition) is 7. The van der Waals surface area contributed by atoms with Crippen LogP contribution in [0.3, 0.4) is 0 Å². The number of para-hydroxylation sites is 1. The monoisotopic (exact) mass is 481 g/mol. The summed E-state index contributed by atoms with van der Waals surface area (Å²) in [4.78, 5) is 16.8. The van der Waals surface area contributed by atoms with E-state index < -0.39 is 0 Å². The van der Waals surface area contributed by atoms with E-state index in [1.165, 1.54) is 6.26 Å². The summed E-state index contributed by atoms with van der Waals surface area (Å²) in [5.74, 6) is 2.24. The number of amides is 1. The minimum atomic E-state index is -0.362. The number of hydrogen-bond donors (Lipinski definition) is 1. The second-order valence-electron chi connectivity index (χ2n) is 7.92. The summed E-state index contributed by atoms with van der Waals surface area (Å²) in [5, 5.41) is 11.1. The molecule has 9 heteroatoms. The van der Waals surface area contributed by atoms with Gasteiger partial charge in [0.25, 0.3) is 5.91 Å². The van der Waals surface area contributed by atoms with E-state index in [2.05, 4.69) is 20.6 Å². The molecule has 5 aromatic rings. The first-order valence-electron chi connectivity index (χ1n) is 11.3. The summed E-state index contributed by atoms with van der Waals surface area (Å²) in [5.41, 5.74) is 2.57. The quantitative estimate of drug-likeness (QED) is 0.325. The van der Waals surface area contributed by atoms with E-state index in [-0.39, 0.29) is 18.1 Å². The number of benzene rings is 3. The Morgan fingerprint density at radius 1 is 0.972 bits per heavy atom. The minimum absolute atomic E-state index is 0.184. The van der Waals surface area contributed by atoms with Crippen LogP contribution in [0.1, 0.15) is 21.7 Å². The van der Waals surface area contributed by atoms with Crippen LogP contribution in [0.15, 0.2) is 95.7 Å². The largest absolute Gasteiger partial charge is 0.497 e. The van der Waals surface area contributed by atoms with Crippen molar-refractivity contribution in [3.05, 3.63) is 108 Å². The second kappa shape index (κ2) is 10.6. The molecule has 0 aliphatic carbocycles. The molecule has 0 unspecified atom stereocenters. The lowest BCUT2D eigenvalue weighted by Gasteiger charge is -2.07. The molecule has 0 spiro atoms. The summed E-state index contributed by atoms with van der Waals surface area (Å²) in [6.07, 6.45) is 3.12. The zero-order chi connectivity index (χ0) is 24.7. The van der Waals surface area contributed by atoms with Crippen molar-refractivity contribution in [3.63, 3.8) is 0 Å². The van der Waals surface area contributed by atoms with Gasteiger partial charge in [-0.2, -0.15) is 0 Å². The van der Waals surface area contributed by atoms with Crippen molar-refractivity contribution in [2.24, 2.45) is 0 Å². The van der Waals surface area contributed by atoms with Gasteiger partial charge in [0, 0.05) is 5.56 Å². The molecular weight excluding hydrogens is 458 g/mol. The number of aromatic nitrogens is 4. The maximum absolute atomic E-state index is 12.5. The predicted molar refractivity (Wildman–Crippen MR) is 132 cm³/mol. The normalized spacial score (nSPS) is 10.7. The zero-order valence-electron chi connectivity index (χ0n) is 19.5. The topological polar surface area (TPSA) is 104 Å². The molecule has 1 amide bonds. The lowest BCUT2D eigenvalue weighted by Crippen LogP contribution is -2.23. The molecule has 9 nitrogen and oxygen atoms in total. The Hall–Kier alpha value is -4.92. The third-order valence-corrected chi connectivity index (χ3v) is 5.31. The molecule has 0 aliphatic rings. The smallest absolute Gasteiger partial charge is 0.273 e. The highest BCUT2D eigenvalue weighted by Crippen LogP contribution is 2.23. The van der Waals surface area contributed by atoms with Crippen LogP contribution >= 0.6 is 0 Å². The third-order valence-electron chi connectivity index (χ3n) is 5.31. The van der Waals surface area contributed by atoms with E-state index in [0.717, 1.165) is 28.4 Å². The van der Waals surface area contributed by atoms with Gasteiger partial charge in [-0.15, -0.1) is 5.10 Å². The molecule has 0 aliphatic heterocycles. The lowest BCUT2D eigenvalue weighted by molar-refractivity contribution is 0.0945. The molecule has 180 valence electrons. The summed E-state index contributed by atoms with van der Waals surface area (Å²) in [7, 11) is 1.60. The van der Waals surface area contributed by atoms with Crippen LogP contribution in [0.25, 0.3) is 11.5 Å². The highest BCUT2D eigenvalue weighted by Gasteiger charge is 2.14. The van der Waals surface area contributed by atoms with Crippen molar-refractivity contribution in [1.82, 2.24) is 25.3 Å². The molecule has 0 radical (unpaired) electrons. The zero-order valence-corrected chi connectivity index (χ0v) is 19.5. The molecule has 5 rings (SSSR count). The van der Waals surface area contributed by atoms with Crippen LogP contribution in [0.4, 0.5) is 0 Å². The molecule has 36 heavy (non-hydrogen) atoms. The van der Waals surface area contributed by atoms with Gasteiger partial charge >= 0.3 is 0 Å². The molecule has 2 heterocycles. The number of carbonyl (C=O) groups excluding carboxylic acids is 1. The number of methoxy groups -OCH3 is 1. The average molecular weight is 482 g/mol. The van der Waals surface area contributed by atoms with Crippen LogP contribution in [0.5, 0.6) is 17.2 Å². The Balaban J connectivity index is 1.16. The maximum atomic E-state index is 12.5. The fourth-order valence-electron chi connectivity index (χ4n) is 3.52. The fraction of sp³-hybridized carbons (Fsp3) is 0.111. The van der Waals surface area contributed by atoms with Crippen LogP contribution < -0.4 is 14.8 Å². The van der Waals surface area contributed by atoms with Gasteiger partial charge in [-0.3, -0.25) is 4.79 Å². The molecule has 1 N–H and O–H groups in total. The van der Waals surface area contributed by atoms with Crippen molar-refractivity contribution in [3.8, 4) is 28.7 Å². The Labute approximate surface area is 207 Å².